The first-order valence-corrected chi connectivity index (χ1v) is 10.6. The first-order chi connectivity index (χ1) is 15.3. The van der Waals surface area contributed by atoms with Gasteiger partial charge in [-0.2, -0.15) is 5.10 Å². The van der Waals surface area contributed by atoms with Crippen molar-refractivity contribution >= 4 is 17.7 Å². The van der Waals surface area contributed by atoms with Crippen LogP contribution in [0.1, 0.15) is 28.1 Å². The van der Waals surface area contributed by atoms with E-state index in [9.17, 15) is 0 Å². The van der Waals surface area contributed by atoms with Crippen LogP contribution >= 0.6 is 0 Å². The Morgan fingerprint density at radius 1 is 1.10 bits per heavy atom. The van der Waals surface area contributed by atoms with Crippen LogP contribution in [0.2, 0.25) is 0 Å². The van der Waals surface area contributed by atoms with Gasteiger partial charge in [-0.15, -0.1) is 0 Å². The highest BCUT2D eigenvalue weighted by atomic mass is 16.5. The molecule has 1 fully saturated rings. The highest BCUT2D eigenvalue weighted by molar-refractivity contribution is 5.88. The molecule has 0 amide bonds. The fourth-order valence-electron chi connectivity index (χ4n) is 4.03. The van der Waals surface area contributed by atoms with Gasteiger partial charge < -0.3 is 4.74 Å². The van der Waals surface area contributed by atoms with Crippen molar-refractivity contribution in [3.63, 3.8) is 0 Å². The summed E-state index contributed by atoms with van der Waals surface area (Å²) in [4.78, 5) is 11.7. The van der Waals surface area contributed by atoms with Gasteiger partial charge in [0.1, 0.15) is 5.69 Å². The minimum atomic E-state index is 0.804. The smallest absolute Gasteiger partial charge is 0.118 e. The van der Waals surface area contributed by atoms with Crippen molar-refractivity contribution in [2.24, 2.45) is 0 Å². The van der Waals surface area contributed by atoms with Crippen LogP contribution in [0, 0.1) is 6.92 Å². The lowest BCUT2D eigenvalue weighted by atomic mass is 9.98. The number of aromatic amines is 1. The van der Waals surface area contributed by atoms with E-state index in [1.807, 2.05) is 37.5 Å². The van der Waals surface area contributed by atoms with Gasteiger partial charge in [-0.05, 0) is 42.3 Å². The molecule has 1 saturated heterocycles. The molecule has 0 radical (unpaired) electrons. The molecule has 0 bridgehead atoms. The molecule has 0 atom stereocenters. The van der Waals surface area contributed by atoms with E-state index in [1.165, 1.54) is 11.1 Å². The third-order valence-corrected chi connectivity index (χ3v) is 5.65. The molecule has 3 aromatic heterocycles. The number of nitrogens with zero attached hydrogens (tertiary/aromatic N) is 4. The van der Waals surface area contributed by atoms with E-state index in [1.54, 1.807) is 0 Å². The lowest BCUT2D eigenvalue weighted by molar-refractivity contribution is 0.0341. The van der Waals surface area contributed by atoms with Crippen LogP contribution in [0.5, 0.6) is 0 Å². The van der Waals surface area contributed by atoms with Crippen LogP contribution in [-0.4, -0.2) is 51.4 Å². The number of aromatic nitrogens is 4. The lowest BCUT2D eigenvalue weighted by Crippen LogP contribution is -2.35. The van der Waals surface area contributed by atoms with Gasteiger partial charge in [0, 0.05) is 48.8 Å². The SMILES string of the molecule is Cc1cccc(-c2n[nH]cc2C2=C\C=C\c3c(CN4CCOCC4)ccnc3/C=C\2)n1. The second kappa shape index (κ2) is 8.79. The summed E-state index contributed by atoms with van der Waals surface area (Å²) < 4.78 is 5.48. The number of nitrogens with one attached hydrogen (secondary N) is 1. The molecule has 5 rings (SSSR count). The quantitative estimate of drug-likeness (QED) is 0.699. The molecule has 1 aliphatic heterocycles. The molecule has 4 heterocycles. The van der Waals surface area contributed by atoms with Gasteiger partial charge in [0.25, 0.3) is 0 Å². The largest absolute Gasteiger partial charge is 0.379 e. The van der Waals surface area contributed by atoms with Gasteiger partial charge in [-0.25, -0.2) is 0 Å². The van der Waals surface area contributed by atoms with Crippen molar-refractivity contribution in [3.8, 4) is 11.4 Å². The van der Waals surface area contributed by atoms with E-state index in [-0.39, 0.29) is 0 Å². The Labute approximate surface area is 182 Å². The second-order valence-electron chi connectivity index (χ2n) is 7.78. The van der Waals surface area contributed by atoms with Crippen LogP contribution < -0.4 is 0 Å². The maximum atomic E-state index is 5.48. The summed E-state index contributed by atoms with van der Waals surface area (Å²) in [5.74, 6) is 0. The summed E-state index contributed by atoms with van der Waals surface area (Å²) >= 11 is 0. The predicted octanol–water partition coefficient (Wildman–Crippen LogP) is 4.13. The Kier molecular flexibility index (Phi) is 5.56. The molecule has 6 heteroatoms. The zero-order chi connectivity index (χ0) is 21.0. The Morgan fingerprint density at radius 2 is 2.00 bits per heavy atom. The first kappa shape index (κ1) is 19.6. The summed E-state index contributed by atoms with van der Waals surface area (Å²) in [6.45, 7) is 6.45. The number of hydrogen-bond acceptors (Lipinski definition) is 5. The Hall–Kier alpha value is -3.35. The molecular formula is C25H25N5O. The van der Waals surface area contributed by atoms with Crippen molar-refractivity contribution in [1.82, 2.24) is 25.1 Å². The van der Waals surface area contributed by atoms with E-state index in [0.717, 1.165) is 66.8 Å². The fraction of sp³-hybridized carbons (Fsp3) is 0.240. The molecule has 156 valence electrons. The number of rotatable bonds is 4. The van der Waals surface area contributed by atoms with E-state index in [4.69, 9.17) is 4.74 Å². The van der Waals surface area contributed by atoms with E-state index < -0.39 is 0 Å². The average Bonchev–Trinajstić information content (AvgIpc) is 3.25. The van der Waals surface area contributed by atoms with Crippen LogP contribution in [-0.2, 0) is 11.3 Å². The maximum Gasteiger partial charge on any atom is 0.118 e. The van der Waals surface area contributed by atoms with Crippen LogP contribution in [0.15, 0.2) is 54.9 Å². The topological polar surface area (TPSA) is 66.9 Å². The van der Waals surface area contributed by atoms with Gasteiger partial charge in [0.15, 0.2) is 0 Å². The molecule has 2 aliphatic rings. The molecule has 31 heavy (non-hydrogen) atoms. The summed E-state index contributed by atoms with van der Waals surface area (Å²) in [5.41, 5.74) is 8.21. The number of hydrogen-bond donors (Lipinski definition) is 1. The standard InChI is InChI=1S/C25H25N5O/c1-18-4-2-7-24(28-18)25-22(16-27-29-25)19-5-3-6-21-20(10-11-26-23(21)9-8-19)17-30-12-14-31-15-13-30/h2-11,16H,12-15,17H2,1H3,(H,27,29)/b5-3?,6-3+,9-8-,19-5-,19-8?,21-6?,23-9?. The van der Waals surface area contributed by atoms with E-state index in [0.29, 0.717) is 0 Å². The molecule has 0 saturated carbocycles. The van der Waals surface area contributed by atoms with Crippen LogP contribution in [0.4, 0.5) is 0 Å². The van der Waals surface area contributed by atoms with Crippen LogP contribution in [0.25, 0.3) is 29.1 Å². The molecule has 0 aromatic carbocycles. The van der Waals surface area contributed by atoms with Gasteiger partial charge in [-0.3, -0.25) is 20.0 Å². The highest BCUT2D eigenvalue weighted by Gasteiger charge is 2.16. The van der Waals surface area contributed by atoms with E-state index in [2.05, 4.69) is 61.5 Å². The normalized spacial score (nSPS) is 20.2. The van der Waals surface area contributed by atoms with E-state index >= 15 is 0 Å². The third kappa shape index (κ3) is 4.26. The van der Waals surface area contributed by atoms with Crippen LogP contribution in [0.3, 0.4) is 0 Å². The predicted molar refractivity (Wildman–Crippen MR) is 123 cm³/mol. The molecule has 1 N–H and O–H groups in total. The van der Waals surface area contributed by atoms with Gasteiger partial charge in [0.2, 0.25) is 0 Å². The Balaban J connectivity index is 1.45. The van der Waals surface area contributed by atoms with Crippen molar-refractivity contribution in [2.45, 2.75) is 13.5 Å². The average molecular weight is 412 g/mol. The molecule has 3 aromatic rings. The van der Waals surface area contributed by atoms with Crippen molar-refractivity contribution in [3.05, 3.63) is 83.0 Å². The van der Waals surface area contributed by atoms with Crippen molar-refractivity contribution in [1.29, 1.82) is 0 Å². The maximum absolute atomic E-state index is 5.48. The van der Waals surface area contributed by atoms with Crippen molar-refractivity contribution in [2.75, 3.05) is 26.3 Å². The van der Waals surface area contributed by atoms with Gasteiger partial charge in [0.05, 0.1) is 24.6 Å². The highest BCUT2D eigenvalue weighted by Crippen LogP contribution is 2.29. The molecular weight excluding hydrogens is 386 g/mol. The minimum Gasteiger partial charge on any atom is -0.379 e. The third-order valence-electron chi connectivity index (χ3n) is 5.65. The Bertz CT molecular complexity index is 1170. The number of morpholine rings is 1. The fourth-order valence-corrected chi connectivity index (χ4v) is 4.03. The number of pyridine rings is 2. The number of fused-ring (bicyclic) bond motifs is 1. The minimum absolute atomic E-state index is 0.804. The molecule has 6 nitrogen and oxygen atoms in total. The van der Waals surface area contributed by atoms with Crippen molar-refractivity contribution < 1.29 is 4.74 Å². The number of allylic oxidation sites excluding steroid dienone is 4. The lowest BCUT2D eigenvalue weighted by Gasteiger charge is -2.27. The summed E-state index contributed by atoms with van der Waals surface area (Å²) in [6.07, 6.45) is 14.4. The Morgan fingerprint density at radius 3 is 2.87 bits per heavy atom. The zero-order valence-corrected chi connectivity index (χ0v) is 17.6. The summed E-state index contributed by atoms with van der Waals surface area (Å²) in [6, 6.07) is 8.11. The molecule has 0 unspecified atom stereocenters. The molecule has 0 spiro atoms. The molecule has 1 aliphatic carbocycles. The zero-order valence-electron chi connectivity index (χ0n) is 17.6. The summed E-state index contributed by atoms with van der Waals surface area (Å²) in [7, 11) is 0. The summed E-state index contributed by atoms with van der Waals surface area (Å²) in [5, 5.41) is 7.47. The van der Waals surface area contributed by atoms with Gasteiger partial charge >= 0.3 is 0 Å². The first-order valence-electron chi connectivity index (χ1n) is 10.6. The number of H-pyrrole nitrogens is 1. The monoisotopic (exact) mass is 411 g/mol. The van der Waals surface area contributed by atoms with Gasteiger partial charge in [-0.1, -0.05) is 30.4 Å². The number of ether oxygens (including phenoxy) is 1. The number of aryl methyl sites for hydroxylation is 1. The second-order valence-corrected chi connectivity index (χ2v) is 7.78.